The maximum absolute atomic E-state index is 11.5. The van der Waals surface area contributed by atoms with Gasteiger partial charge in [0.1, 0.15) is 6.23 Å². The third-order valence-corrected chi connectivity index (χ3v) is 1.20. The highest BCUT2D eigenvalue weighted by Gasteiger charge is 2.35. The second-order valence-electron chi connectivity index (χ2n) is 2.23. The molecule has 65 valence electrons. The third kappa shape index (κ3) is 3.04. The number of alkyl halides is 3. The summed E-state index contributed by atoms with van der Waals surface area (Å²) < 4.78 is 38.3. The molecule has 3 nitrogen and oxygen atoms in total. The molecule has 0 aromatic carbocycles. The molecule has 0 amide bonds. The molecular formula is C5H8F3N2O. The second kappa shape index (κ2) is 2.96. The summed E-state index contributed by atoms with van der Waals surface area (Å²) in [7, 11) is 1.64. The molecule has 1 rings (SSSR count). The normalized spacial score (nSPS) is 27.8. The number of hydrogen-bond acceptors (Lipinski definition) is 3. The predicted molar refractivity (Wildman–Crippen MR) is 31.0 cm³/mol. The predicted octanol–water partition coefficient (Wildman–Crippen LogP) is 0.503. The van der Waals surface area contributed by atoms with Crippen LogP contribution >= 0.6 is 0 Å². The van der Waals surface area contributed by atoms with Crippen molar-refractivity contribution in [2.75, 3.05) is 13.6 Å². The summed E-state index contributed by atoms with van der Waals surface area (Å²) in [6, 6.07) is 0. The summed E-state index contributed by atoms with van der Waals surface area (Å²) in [5, 5.41) is 1.51. The Labute approximate surface area is 62.1 Å². The van der Waals surface area contributed by atoms with Crippen molar-refractivity contribution in [1.29, 1.82) is 0 Å². The zero-order chi connectivity index (χ0) is 8.48. The minimum absolute atomic E-state index is 0.445. The number of halogens is 3. The first-order chi connectivity index (χ1) is 4.97. The third-order valence-electron chi connectivity index (χ3n) is 1.20. The van der Waals surface area contributed by atoms with Crippen molar-refractivity contribution in [2.24, 2.45) is 0 Å². The van der Waals surface area contributed by atoms with Gasteiger partial charge >= 0.3 is 6.36 Å². The molecule has 1 saturated heterocycles. The smallest absolute Gasteiger partial charge is 0.272 e. The van der Waals surface area contributed by atoms with Gasteiger partial charge in [0, 0.05) is 20.0 Å². The van der Waals surface area contributed by atoms with Gasteiger partial charge in [-0.2, -0.15) is 0 Å². The lowest BCUT2D eigenvalue weighted by Crippen LogP contribution is -2.37. The number of nitrogens with one attached hydrogen (secondary N) is 1. The van der Waals surface area contributed by atoms with Crippen LogP contribution in [0.4, 0.5) is 13.2 Å². The van der Waals surface area contributed by atoms with Crippen molar-refractivity contribution in [3.63, 3.8) is 0 Å². The topological polar surface area (TPSA) is 24.5 Å². The van der Waals surface area contributed by atoms with Crippen molar-refractivity contribution in [3.05, 3.63) is 6.42 Å². The van der Waals surface area contributed by atoms with Gasteiger partial charge in [-0.15, -0.1) is 13.2 Å². The van der Waals surface area contributed by atoms with Gasteiger partial charge in [-0.1, -0.05) is 0 Å². The van der Waals surface area contributed by atoms with Crippen LogP contribution in [0.1, 0.15) is 0 Å². The van der Waals surface area contributed by atoms with Crippen LogP contribution in [0.25, 0.3) is 0 Å². The highest BCUT2D eigenvalue weighted by Crippen LogP contribution is 2.20. The van der Waals surface area contributed by atoms with Gasteiger partial charge in [-0.25, -0.2) is 10.4 Å². The summed E-state index contributed by atoms with van der Waals surface area (Å²) in [4.78, 5) is 0. The standard InChI is InChI=1S/C5H8F3N2O/c1-10-3-2-4(9-10)11-5(6,7)8/h2,4,9H,3H2,1H3. The van der Waals surface area contributed by atoms with E-state index in [0.29, 0.717) is 6.54 Å². The molecule has 1 heterocycles. The lowest BCUT2D eigenvalue weighted by atomic mass is 10.4. The van der Waals surface area contributed by atoms with Crippen LogP contribution in [0.2, 0.25) is 0 Å². The van der Waals surface area contributed by atoms with Gasteiger partial charge in [0.2, 0.25) is 0 Å². The fourth-order valence-corrected chi connectivity index (χ4v) is 0.795. The molecule has 1 atom stereocenters. The molecular weight excluding hydrogens is 161 g/mol. The monoisotopic (exact) mass is 169 g/mol. The van der Waals surface area contributed by atoms with Gasteiger partial charge in [-0.3, -0.25) is 4.74 Å². The maximum Gasteiger partial charge on any atom is 0.524 e. The molecule has 0 aromatic heterocycles. The van der Waals surface area contributed by atoms with E-state index >= 15 is 0 Å². The SMILES string of the molecule is CN1C[CH]C(OC(F)(F)F)N1. The highest BCUT2D eigenvalue weighted by molar-refractivity contribution is 4.83. The zero-order valence-electron chi connectivity index (χ0n) is 5.85. The van der Waals surface area contributed by atoms with Crippen LogP contribution in [-0.4, -0.2) is 31.2 Å². The van der Waals surface area contributed by atoms with E-state index in [2.05, 4.69) is 10.2 Å². The molecule has 0 aliphatic carbocycles. The molecule has 11 heavy (non-hydrogen) atoms. The van der Waals surface area contributed by atoms with Gasteiger partial charge < -0.3 is 0 Å². The minimum Gasteiger partial charge on any atom is -0.272 e. The van der Waals surface area contributed by atoms with Crippen molar-refractivity contribution >= 4 is 0 Å². The summed E-state index contributed by atoms with van der Waals surface area (Å²) in [5.74, 6) is 0. The summed E-state index contributed by atoms with van der Waals surface area (Å²) in [5.41, 5.74) is 2.45. The first-order valence-corrected chi connectivity index (χ1v) is 3.02. The highest BCUT2D eigenvalue weighted by atomic mass is 19.4. The van der Waals surface area contributed by atoms with Gasteiger partial charge in [0.25, 0.3) is 0 Å². The zero-order valence-corrected chi connectivity index (χ0v) is 5.85. The molecule has 1 radical (unpaired) electrons. The van der Waals surface area contributed by atoms with Gasteiger partial charge in [0.15, 0.2) is 0 Å². The Morgan fingerprint density at radius 1 is 1.64 bits per heavy atom. The molecule has 1 N–H and O–H groups in total. The van der Waals surface area contributed by atoms with Crippen LogP contribution < -0.4 is 5.43 Å². The lowest BCUT2D eigenvalue weighted by molar-refractivity contribution is -0.342. The molecule has 0 aromatic rings. The largest absolute Gasteiger partial charge is 0.524 e. The quantitative estimate of drug-likeness (QED) is 0.618. The van der Waals surface area contributed by atoms with E-state index in [1.807, 2.05) is 0 Å². The number of ether oxygens (including phenoxy) is 1. The maximum atomic E-state index is 11.5. The fraction of sp³-hybridized carbons (Fsp3) is 0.800. The van der Waals surface area contributed by atoms with E-state index in [-0.39, 0.29) is 0 Å². The summed E-state index contributed by atoms with van der Waals surface area (Å²) >= 11 is 0. The molecule has 1 aliphatic heterocycles. The van der Waals surface area contributed by atoms with E-state index in [1.54, 1.807) is 7.05 Å². The number of nitrogens with zero attached hydrogens (tertiary/aromatic N) is 1. The van der Waals surface area contributed by atoms with Gasteiger partial charge in [-0.05, 0) is 0 Å². The van der Waals surface area contributed by atoms with Crippen LogP contribution in [0.3, 0.4) is 0 Å². The van der Waals surface area contributed by atoms with E-state index < -0.39 is 12.6 Å². The molecule has 0 saturated carbocycles. The Morgan fingerprint density at radius 3 is 2.64 bits per heavy atom. The lowest BCUT2D eigenvalue weighted by Gasteiger charge is -2.14. The van der Waals surface area contributed by atoms with Crippen LogP contribution in [0.5, 0.6) is 0 Å². The van der Waals surface area contributed by atoms with Crippen molar-refractivity contribution in [1.82, 2.24) is 10.4 Å². The Hall–Kier alpha value is -0.330. The van der Waals surface area contributed by atoms with E-state index in [4.69, 9.17) is 0 Å². The Kier molecular flexibility index (Phi) is 2.36. The van der Waals surface area contributed by atoms with E-state index in [1.165, 1.54) is 11.4 Å². The van der Waals surface area contributed by atoms with Crippen molar-refractivity contribution < 1.29 is 17.9 Å². The van der Waals surface area contributed by atoms with E-state index in [0.717, 1.165) is 0 Å². The average molecular weight is 169 g/mol. The number of rotatable bonds is 1. The molecule has 1 unspecified atom stereocenters. The molecule has 1 fully saturated rings. The van der Waals surface area contributed by atoms with Crippen molar-refractivity contribution in [2.45, 2.75) is 12.6 Å². The molecule has 1 aliphatic rings. The Balaban J connectivity index is 2.29. The molecule has 0 spiro atoms. The number of hydrazine groups is 1. The number of hydrogen-bond donors (Lipinski definition) is 1. The van der Waals surface area contributed by atoms with Crippen LogP contribution in [0, 0.1) is 6.42 Å². The fourth-order valence-electron chi connectivity index (χ4n) is 0.795. The second-order valence-corrected chi connectivity index (χ2v) is 2.23. The summed E-state index contributed by atoms with van der Waals surface area (Å²) in [6.07, 6.45) is -4.22. The molecule has 0 bridgehead atoms. The van der Waals surface area contributed by atoms with Gasteiger partial charge in [0.05, 0.1) is 0 Å². The Bertz CT molecular complexity index is 138. The molecule has 6 heteroatoms. The minimum atomic E-state index is -4.57. The van der Waals surface area contributed by atoms with Crippen LogP contribution in [0.15, 0.2) is 0 Å². The van der Waals surface area contributed by atoms with Crippen molar-refractivity contribution in [3.8, 4) is 0 Å². The average Bonchev–Trinajstić information content (AvgIpc) is 2.10. The summed E-state index contributed by atoms with van der Waals surface area (Å²) in [6.45, 7) is 0.445. The van der Waals surface area contributed by atoms with E-state index in [9.17, 15) is 13.2 Å². The first-order valence-electron chi connectivity index (χ1n) is 3.02. The Morgan fingerprint density at radius 2 is 2.27 bits per heavy atom. The first kappa shape index (κ1) is 8.76. The van der Waals surface area contributed by atoms with Crippen LogP contribution in [-0.2, 0) is 4.74 Å².